The minimum atomic E-state index is -1.36. The average Bonchev–Trinajstić information content (AvgIpc) is 2.94. The molecule has 38 heavy (non-hydrogen) atoms. The van der Waals surface area contributed by atoms with Crippen molar-refractivity contribution in [3.8, 4) is 5.75 Å². The van der Waals surface area contributed by atoms with E-state index in [1.165, 1.54) is 13.3 Å². The van der Waals surface area contributed by atoms with E-state index in [0.29, 0.717) is 79.3 Å². The van der Waals surface area contributed by atoms with E-state index >= 15 is 4.39 Å². The SMILES string of the molecule is COc1ccc2ncc(CO)c([C@@H](F)CCC3(CO)CCN(CCNc4cc(F)cc(F)c4F)CC3)c2c1. The Morgan fingerprint density at radius 2 is 1.89 bits per heavy atom. The number of hydrogen-bond donors (Lipinski definition) is 3. The van der Waals surface area contributed by atoms with Gasteiger partial charge in [-0.15, -0.1) is 0 Å². The second-order valence-corrected chi connectivity index (χ2v) is 9.92. The summed E-state index contributed by atoms with van der Waals surface area (Å²) in [5.74, 6) is -2.64. The molecule has 0 aliphatic carbocycles. The van der Waals surface area contributed by atoms with Crippen molar-refractivity contribution in [1.82, 2.24) is 9.88 Å². The van der Waals surface area contributed by atoms with Crippen molar-refractivity contribution in [3.05, 3.63) is 65.1 Å². The maximum Gasteiger partial charge on any atom is 0.182 e. The van der Waals surface area contributed by atoms with Crippen LogP contribution in [0.1, 0.15) is 43.0 Å². The molecule has 1 aromatic heterocycles. The van der Waals surface area contributed by atoms with Crippen LogP contribution >= 0.6 is 0 Å². The first-order valence-electron chi connectivity index (χ1n) is 12.7. The number of benzene rings is 2. The Bertz CT molecular complexity index is 1250. The smallest absolute Gasteiger partial charge is 0.182 e. The van der Waals surface area contributed by atoms with Gasteiger partial charge in [0.25, 0.3) is 0 Å². The standard InChI is InChI=1S/C28H33F4N3O3/c1-38-20-2-3-24-21(14-20)26(18(16-36)15-34-24)22(30)4-5-28(17-37)6-9-35(10-7-28)11-8-33-25-13-19(29)12-23(31)27(25)32/h2-3,12-15,22,33,36-37H,4-11,16-17H2,1H3/t22-/m0/s1. The molecule has 2 aromatic carbocycles. The van der Waals surface area contributed by atoms with Gasteiger partial charge in [0.15, 0.2) is 11.6 Å². The average molecular weight is 536 g/mol. The third-order valence-corrected chi connectivity index (χ3v) is 7.60. The summed E-state index contributed by atoms with van der Waals surface area (Å²) in [4.78, 5) is 6.44. The van der Waals surface area contributed by atoms with E-state index < -0.39 is 29.0 Å². The van der Waals surface area contributed by atoms with Gasteiger partial charge in [-0.1, -0.05) is 0 Å². The van der Waals surface area contributed by atoms with Crippen molar-refractivity contribution in [3.63, 3.8) is 0 Å². The Morgan fingerprint density at radius 1 is 1.13 bits per heavy atom. The highest BCUT2D eigenvalue weighted by Crippen LogP contribution is 2.41. The summed E-state index contributed by atoms with van der Waals surface area (Å²) < 4.78 is 61.6. The fourth-order valence-electron chi connectivity index (χ4n) is 5.21. The van der Waals surface area contributed by atoms with E-state index in [2.05, 4.69) is 15.2 Å². The second kappa shape index (κ2) is 12.3. The van der Waals surface area contributed by atoms with Gasteiger partial charge in [-0.3, -0.25) is 4.98 Å². The third-order valence-electron chi connectivity index (χ3n) is 7.60. The number of ether oxygens (including phenoxy) is 1. The lowest BCUT2D eigenvalue weighted by molar-refractivity contribution is 0.0315. The second-order valence-electron chi connectivity index (χ2n) is 9.92. The number of fused-ring (bicyclic) bond motifs is 1. The number of hydrogen-bond acceptors (Lipinski definition) is 6. The largest absolute Gasteiger partial charge is 0.497 e. The summed E-state index contributed by atoms with van der Waals surface area (Å²) in [6.45, 7) is 1.71. The summed E-state index contributed by atoms with van der Waals surface area (Å²) in [5, 5.41) is 23.4. The van der Waals surface area contributed by atoms with Crippen LogP contribution in [0.4, 0.5) is 23.2 Å². The van der Waals surface area contributed by atoms with E-state index in [-0.39, 0.29) is 25.3 Å². The van der Waals surface area contributed by atoms with Gasteiger partial charge in [0.05, 0.1) is 24.9 Å². The molecule has 0 unspecified atom stereocenters. The van der Waals surface area contributed by atoms with Crippen LogP contribution in [0.25, 0.3) is 10.9 Å². The zero-order valence-electron chi connectivity index (χ0n) is 21.3. The van der Waals surface area contributed by atoms with Crippen molar-refractivity contribution >= 4 is 16.6 Å². The first-order chi connectivity index (χ1) is 18.3. The number of likely N-dealkylation sites (tertiary alicyclic amines) is 1. The van der Waals surface area contributed by atoms with Gasteiger partial charge in [-0.25, -0.2) is 17.6 Å². The molecule has 0 amide bonds. The molecule has 0 spiro atoms. The molecule has 1 atom stereocenters. The molecule has 0 saturated carbocycles. The zero-order valence-corrected chi connectivity index (χ0v) is 21.3. The molecule has 2 heterocycles. The number of methoxy groups -OCH3 is 1. The Morgan fingerprint density at radius 3 is 2.58 bits per heavy atom. The number of pyridine rings is 1. The molecule has 4 rings (SSSR count). The number of nitrogens with zero attached hydrogens (tertiary/aromatic N) is 2. The first kappa shape index (κ1) is 28.1. The van der Waals surface area contributed by atoms with Crippen LogP contribution in [0.2, 0.25) is 0 Å². The lowest BCUT2D eigenvalue weighted by Gasteiger charge is -2.41. The molecule has 0 radical (unpaired) electrons. The molecule has 3 aromatic rings. The number of anilines is 1. The van der Waals surface area contributed by atoms with Crippen molar-refractivity contribution < 1.29 is 32.5 Å². The summed E-state index contributed by atoms with van der Waals surface area (Å²) in [6.07, 6.45) is 2.07. The Hall–Kier alpha value is -2.95. The number of nitrogens with one attached hydrogen (secondary N) is 1. The molecule has 1 aliphatic heterocycles. The predicted molar refractivity (Wildman–Crippen MR) is 137 cm³/mol. The number of aliphatic hydroxyl groups excluding tert-OH is 2. The van der Waals surface area contributed by atoms with Gasteiger partial charge in [0, 0.05) is 54.5 Å². The van der Waals surface area contributed by atoms with Gasteiger partial charge in [-0.2, -0.15) is 0 Å². The maximum absolute atomic E-state index is 15.7. The molecule has 10 heteroatoms. The highest BCUT2D eigenvalue weighted by atomic mass is 19.2. The van der Waals surface area contributed by atoms with Crippen molar-refractivity contribution in [2.24, 2.45) is 5.41 Å². The summed E-state index contributed by atoms with van der Waals surface area (Å²) >= 11 is 0. The van der Waals surface area contributed by atoms with Crippen LogP contribution in [0.15, 0.2) is 36.5 Å². The Kier molecular flexibility index (Phi) is 9.07. The van der Waals surface area contributed by atoms with E-state index in [1.54, 1.807) is 18.2 Å². The predicted octanol–water partition coefficient (Wildman–Crippen LogP) is 5.13. The number of aromatic nitrogens is 1. The first-order valence-corrected chi connectivity index (χ1v) is 12.7. The Balaban J connectivity index is 1.35. The summed E-state index contributed by atoms with van der Waals surface area (Å²) in [6, 6.07) is 6.65. The molecule has 1 aliphatic rings. The fourth-order valence-corrected chi connectivity index (χ4v) is 5.21. The number of aliphatic hydroxyl groups is 2. The summed E-state index contributed by atoms with van der Waals surface area (Å²) in [5.41, 5.74) is 0.774. The van der Waals surface area contributed by atoms with Crippen LogP contribution in [0.3, 0.4) is 0 Å². The van der Waals surface area contributed by atoms with E-state index in [9.17, 15) is 23.4 Å². The van der Waals surface area contributed by atoms with E-state index in [0.717, 1.165) is 6.07 Å². The molecule has 1 fully saturated rings. The van der Waals surface area contributed by atoms with Gasteiger partial charge in [0.2, 0.25) is 0 Å². The number of rotatable bonds is 11. The minimum Gasteiger partial charge on any atom is -0.497 e. The van der Waals surface area contributed by atoms with Crippen LogP contribution < -0.4 is 10.1 Å². The normalized spacial score (nSPS) is 16.5. The van der Waals surface area contributed by atoms with Crippen LogP contribution in [-0.2, 0) is 6.61 Å². The van der Waals surface area contributed by atoms with Crippen molar-refractivity contribution in [2.75, 3.05) is 45.2 Å². The van der Waals surface area contributed by atoms with Gasteiger partial charge in [0.1, 0.15) is 17.7 Å². The van der Waals surface area contributed by atoms with Crippen LogP contribution in [0.5, 0.6) is 5.75 Å². The fraction of sp³-hybridized carbons (Fsp3) is 0.464. The topological polar surface area (TPSA) is 77.8 Å². The zero-order chi connectivity index (χ0) is 27.3. The number of alkyl halides is 1. The number of halogens is 4. The van der Waals surface area contributed by atoms with Gasteiger partial charge in [-0.05, 0) is 62.4 Å². The van der Waals surface area contributed by atoms with Crippen LogP contribution in [0, 0.1) is 22.9 Å². The summed E-state index contributed by atoms with van der Waals surface area (Å²) in [7, 11) is 1.53. The van der Waals surface area contributed by atoms with Gasteiger partial charge < -0.3 is 25.2 Å². The molecular formula is C28H33F4N3O3. The highest BCUT2D eigenvalue weighted by molar-refractivity contribution is 5.85. The van der Waals surface area contributed by atoms with E-state index in [4.69, 9.17) is 4.74 Å². The molecule has 1 saturated heterocycles. The monoisotopic (exact) mass is 535 g/mol. The lowest BCUT2D eigenvalue weighted by Crippen LogP contribution is -2.43. The van der Waals surface area contributed by atoms with Crippen molar-refractivity contribution in [2.45, 2.75) is 38.5 Å². The molecule has 3 N–H and O–H groups in total. The molecule has 0 bridgehead atoms. The van der Waals surface area contributed by atoms with E-state index in [1.807, 2.05) is 0 Å². The highest BCUT2D eigenvalue weighted by Gasteiger charge is 2.35. The Labute approximate surface area is 219 Å². The van der Waals surface area contributed by atoms with Crippen LogP contribution in [-0.4, -0.2) is 60.0 Å². The molecule has 6 nitrogen and oxygen atoms in total. The number of piperidine rings is 1. The lowest BCUT2D eigenvalue weighted by atomic mass is 9.74. The maximum atomic E-state index is 15.7. The third kappa shape index (κ3) is 6.19. The molecule has 206 valence electrons. The van der Waals surface area contributed by atoms with Crippen molar-refractivity contribution in [1.29, 1.82) is 0 Å². The quantitative estimate of drug-likeness (QED) is 0.234. The van der Waals surface area contributed by atoms with Gasteiger partial charge >= 0.3 is 0 Å². The molecular weight excluding hydrogens is 502 g/mol. The minimum absolute atomic E-state index is 0.0721.